The van der Waals surface area contributed by atoms with Crippen LogP contribution in [0.25, 0.3) is 0 Å². The Morgan fingerprint density at radius 1 is 1.12 bits per heavy atom. The highest BCUT2D eigenvalue weighted by Gasteiger charge is 2.10. The van der Waals surface area contributed by atoms with Crippen LogP contribution in [0.5, 0.6) is 0 Å². The normalized spacial score (nSPS) is 12.4. The Kier molecular flexibility index (Phi) is 3.55. The number of aliphatic hydroxyl groups is 1. The lowest BCUT2D eigenvalue weighted by atomic mass is 10.0. The van der Waals surface area contributed by atoms with Crippen LogP contribution >= 0.6 is 0 Å². The van der Waals surface area contributed by atoms with Crippen LogP contribution in [-0.2, 0) is 6.42 Å². The van der Waals surface area contributed by atoms with Gasteiger partial charge in [-0.05, 0) is 31.0 Å². The number of aryl methyl sites for hydroxylation is 2. The third-order valence-electron chi connectivity index (χ3n) is 2.97. The van der Waals surface area contributed by atoms with Gasteiger partial charge < -0.3 is 5.11 Å². The number of hydrogen-bond acceptors (Lipinski definition) is 2. The first-order valence-electron chi connectivity index (χ1n) is 5.82. The molecule has 0 amide bonds. The first kappa shape index (κ1) is 11.8. The summed E-state index contributed by atoms with van der Waals surface area (Å²) in [7, 11) is 0. The number of aromatic nitrogens is 1. The van der Waals surface area contributed by atoms with Crippen molar-refractivity contribution in [2.24, 2.45) is 0 Å². The molecular formula is C15H17NO. The predicted octanol–water partition coefficient (Wildman–Crippen LogP) is 2.97. The van der Waals surface area contributed by atoms with Crippen molar-refractivity contribution >= 4 is 0 Å². The quantitative estimate of drug-likeness (QED) is 0.874. The van der Waals surface area contributed by atoms with Crippen molar-refractivity contribution in [1.29, 1.82) is 0 Å². The highest BCUT2D eigenvalue weighted by molar-refractivity contribution is 5.25. The summed E-state index contributed by atoms with van der Waals surface area (Å²) in [6.07, 6.45) is 1.85. The van der Waals surface area contributed by atoms with E-state index >= 15 is 0 Å². The largest absolute Gasteiger partial charge is 0.388 e. The highest BCUT2D eigenvalue weighted by Crippen LogP contribution is 2.19. The van der Waals surface area contributed by atoms with Crippen LogP contribution in [0.3, 0.4) is 0 Å². The van der Waals surface area contributed by atoms with Crippen LogP contribution in [0, 0.1) is 13.8 Å². The summed E-state index contributed by atoms with van der Waals surface area (Å²) in [5.74, 6) is 0. The lowest BCUT2D eigenvalue weighted by molar-refractivity contribution is 0.177. The Morgan fingerprint density at radius 3 is 2.47 bits per heavy atom. The van der Waals surface area contributed by atoms with Crippen LogP contribution in [0.2, 0.25) is 0 Å². The molecule has 2 rings (SSSR count). The molecule has 2 nitrogen and oxygen atoms in total. The second-order valence-corrected chi connectivity index (χ2v) is 4.40. The zero-order chi connectivity index (χ0) is 12.3. The molecule has 1 unspecified atom stereocenters. The minimum absolute atomic E-state index is 0.482. The molecule has 0 saturated carbocycles. The zero-order valence-electron chi connectivity index (χ0n) is 10.2. The van der Waals surface area contributed by atoms with E-state index in [2.05, 4.69) is 4.98 Å². The Labute approximate surface area is 102 Å². The molecule has 1 N–H and O–H groups in total. The molecule has 1 aromatic carbocycles. The van der Waals surface area contributed by atoms with Crippen molar-refractivity contribution in [3.8, 4) is 0 Å². The molecule has 2 heteroatoms. The van der Waals surface area contributed by atoms with Crippen molar-refractivity contribution in [3.63, 3.8) is 0 Å². The maximum Gasteiger partial charge on any atom is 0.0845 e. The molecule has 0 saturated heterocycles. The number of rotatable bonds is 3. The standard InChI is InChI=1S/C15H17NO/c1-11-5-7-13(8-6-11)15(17)10-14-12(2)4-3-9-16-14/h3-9,15,17H,10H2,1-2H3. The van der Waals surface area contributed by atoms with E-state index in [-0.39, 0.29) is 0 Å². The van der Waals surface area contributed by atoms with Crippen molar-refractivity contribution in [1.82, 2.24) is 4.98 Å². The van der Waals surface area contributed by atoms with Crippen LogP contribution in [0.1, 0.15) is 28.5 Å². The van der Waals surface area contributed by atoms with Gasteiger partial charge in [0, 0.05) is 18.3 Å². The van der Waals surface area contributed by atoms with Crippen molar-refractivity contribution in [2.45, 2.75) is 26.4 Å². The van der Waals surface area contributed by atoms with Gasteiger partial charge in [-0.15, -0.1) is 0 Å². The number of benzene rings is 1. The predicted molar refractivity (Wildman–Crippen MR) is 68.8 cm³/mol. The second kappa shape index (κ2) is 5.11. The van der Waals surface area contributed by atoms with E-state index in [1.165, 1.54) is 5.56 Å². The fourth-order valence-electron chi connectivity index (χ4n) is 1.82. The van der Waals surface area contributed by atoms with Gasteiger partial charge in [0.15, 0.2) is 0 Å². The van der Waals surface area contributed by atoms with Gasteiger partial charge in [0.2, 0.25) is 0 Å². The minimum atomic E-state index is -0.482. The van der Waals surface area contributed by atoms with Gasteiger partial charge in [-0.3, -0.25) is 4.98 Å². The van der Waals surface area contributed by atoms with E-state index in [0.29, 0.717) is 6.42 Å². The molecule has 17 heavy (non-hydrogen) atoms. The first-order chi connectivity index (χ1) is 8.16. The molecular weight excluding hydrogens is 210 g/mol. The van der Waals surface area contributed by atoms with Crippen molar-refractivity contribution in [2.75, 3.05) is 0 Å². The van der Waals surface area contributed by atoms with Crippen molar-refractivity contribution < 1.29 is 5.11 Å². The summed E-state index contributed by atoms with van der Waals surface area (Å²) >= 11 is 0. The molecule has 0 bridgehead atoms. The van der Waals surface area contributed by atoms with Gasteiger partial charge >= 0.3 is 0 Å². The minimum Gasteiger partial charge on any atom is -0.388 e. The third kappa shape index (κ3) is 2.92. The highest BCUT2D eigenvalue weighted by atomic mass is 16.3. The van der Waals surface area contributed by atoms with Crippen LogP contribution in [-0.4, -0.2) is 10.1 Å². The summed E-state index contributed by atoms with van der Waals surface area (Å²) in [4.78, 5) is 4.30. The lowest BCUT2D eigenvalue weighted by Gasteiger charge is -2.12. The van der Waals surface area contributed by atoms with E-state index in [1.807, 2.05) is 50.2 Å². The summed E-state index contributed by atoms with van der Waals surface area (Å²) in [5, 5.41) is 10.1. The van der Waals surface area contributed by atoms with Gasteiger partial charge in [-0.2, -0.15) is 0 Å². The molecule has 1 heterocycles. The SMILES string of the molecule is Cc1ccc(C(O)Cc2ncccc2C)cc1. The smallest absolute Gasteiger partial charge is 0.0845 e. The molecule has 1 atom stereocenters. The topological polar surface area (TPSA) is 33.1 Å². The van der Waals surface area contributed by atoms with Gasteiger partial charge in [0.25, 0.3) is 0 Å². The summed E-state index contributed by atoms with van der Waals surface area (Å²) < 4.78 is 0. The molecule has 0 aliphatic heterocycles. The number of pyridine rings is 1. The fraction of sp³-hybridized carbons (Fsp3) is 0.267. The summed E-state index contributed by atoms with van der Waals surface area (Å²) in [6.45, 7) is 4.06. The van der Waals surface area contributed by atoms with Gasteiger partial charge in [-0.1, -0.05) is 35.9 Å². The van der Waals surface area contributed by atoms with Gasteiger partial charge in [0.05, 0.1) is 6.10 Å². The lowest BCUT2D eigenvalue weighted by Crippen LogP contribution is -2.04. The molecule has 2 aromatic rings. The van der Waals surface area contributed by atoms with E-state index in [0.717, 1.165) is 16.8 Å². The number of aliphatic hydroxyl groups excluding tert-OH is 1. The molecule has 0 fully saturated rings. The summed E-state index contributed by atoms with van der Waals surface area (Å²) in [5.41, 5.74) is 4.23. The Balaban J connectivity index is 2.14. The van der Waals surface area contributed by atoms with E-state index in [9.17, 15) is 5.11 Å². The molecule has 0 spiro atoms. The Bertz CT molecular complexity index is 491. The maximum absolute atomic E-state index is 10.1. The molecule has 1 aromatic heterocycles. The second-order valence-electron chi connectivity index (χ2n) is 4.40. The Morgan fingerprint density at radius 2 is 1.82 bits per heavy atom. The van der Waals surface area contributed by atoms with Gasteiger partial charge in [-0.25, -0.2) is 0 Å². The van der Waals surface area contributed by atoms with E-state index in [4.69, 9.17) is 0 Å². The van der Waals surface area contributed by atoms with Crippen LogP contribution < -0.4 is 0 Å². The third-order valence-corrected chi connectivity index (χ3v) is 2.97. The number of nitrogens with zero attached hydrogens (tertiary/aromatic N) is 1. The molecule has 88 valence electrons. The first-order valence-corrected chi connectivity index (χ1v) is 5.82. The molecule has 0 aliphatic carbocycles. The van der Waals surface area contributed by atoms with Crippen LogP contribution in [0.15, 0.2) is 42.6 Å². The zero-order valence-corrected chi connectivity index (χ0v) is 10.2. The average Bonchev–Trinajstić information content (AvgIpc) is 2.33. The Hall–Kier alpha value is -1.67. The summed E-state index contributed by atoms with van der Waals surface area (Å²) in [6, 6.07) is 11.9. The van der Waals surface area contributed by atoms with Gasteiger partial charge in [0.1, 0.15) is 0 Å². The fourth-order valence-corrected chi connectivity index (χ4v) is 1.82. The number of hydrogen-bond donors (Lipinski definition) is 1. The average molecular weight is 227 g/mol. The maximum atomic E-state index is 10.1. The van der Waals surface area contributed by atoms with E-state index in [1.54, 1.807) is 6.20 Å². The molecule has 0 aliphatic rings. The monoisotopic (exact) mass is 227 g/mol. The van der Waals surface area contributed by atoms with E-state index < -0.39 is 6.10 Å². The van der Waals surface area contributed by atoms with Crippen LogP contribution in [0.4, 0.5) is 0 Å². The van der Waals surface area contributed by atoms with Crippen molar-refractivity contribution in [3.05, 3.63) is 65.0 Å². The molecule has 0 radical (unpaired) electrons.